The summed E-state index contributed by atoms with van der Waals surface area (Å²) in [5.41, 5.74) is 2.30. The number of carbonyl (C=O) groups excluding carboxylic acids is 1. The van der Waals surface area contributed by atoms with Crippen molar-refractivity contribution in [3.63, 3.8) is 0 Å². The highest BCUT2D eigenvalue weighted by molar-refractivity contribution is 5.86. The highest BCUT2D eigenvalue weighted by atomic mass is 16.1. The molecule has 8 nitrogen and oxygen atoms in total. The molecule has 1 aromatic carbocycles. The molecule has 1 unspecified atom stereocenters. The van der Waals surface area contributed by atoms with Gasteiger partial charge in [-0.05, 0) is 44.8 Å². The van der Waals surface area contributed by atoms with Crippen LogP contribution in [0.25, 0.3) is 0 Å². The minimum atomic E-state index is -0.125. The Morgan fingerprint density at radius 1 is 1.28 bits per heavy atom. The van der Waals surface area contributed by atoms with Gasteiger partial charge in [-0.2, -0.15) is 5.26 Å². The second-order valence-electron chi connectivity index (χ2n) is 7.70. The molecule has 1 aromatic rings. The van der Waals surface area contributed by atoms with E-state index < -0.39 is 0 Å². The van der Waals surface area contributed by atoms with E-state index in [4.69, 9.17) is 5.26 Å². The predicted octanol–water partition coefficient (Wildman–Crippen LogP) is 1.64. The third-order valence-electron chi connectivity index (χ3n) is 4.58. The Bertz CT molecular complexity index is 901. The van der Waals surface area contributed by atoms with Gasteiger partial charge in [-0.3, -0.25) is 9.79 Å². The van der Waals surface area contributed by atoms with E-state index in [0.29, 0.717) is 31.5 Å². The van der Waals surface area contributed by atoms with Crippen LogP contribution >= 0.6 is 0 Å². The largest absolute Gasteiger partial charge is 0.371 e. The lowest BCUT2D eigenvalue weighted by molar-refractivity contribution is -0.121. The van der Waals surface area contributed by atoms with E-state index in [1.165, 1.54) is 0 Å². The molecule has 0 spiro atoms. The van der Waals surface area contributed by atoms with Crippen LogP contribution in [0.1, 0.15) is 31.7 Å². The first kappa shape index (κ1) is 24.8. The van der Waals surface area contributed by atoms with Crippen molar-refractivity contribution in [2.75, 3.05) is 45.6 Å². The molecular formula is C24H33N7O. The van der Waals surface area contributed by atoms with Crippen LogP contribution in [0.3, 0.4) is 0 Å². The summed E-state index contributed by atoms with van der Waals surface area (Å²) in [4.78, 5) is 18.4. The average Bonchev–Trinajstić information content (AvgIpc) is 2.97. The first-order chi connectivity index (χ1) is 15.5. The number of aliphatic imine (C=N–C) groups is 1. The third kappa shape index (κ3) is 9.11. The number of carbonyl (C=O) groups is 1. The average molecular weight is 436 g/mol. The number of allylic oxidation sites excluding steroid dienone is 1. The van der Waals surface area contributed by atoms with Crippen LogP contribution in [0, 0.1) is 23.2 Å². The zero-order chi connectivity index (χ0) is 23.2. The highest BCUT2D eigenvalue weighted by Crippen LogP contribution is 2.11. The van der Waals surface area contributed by atoms with E-state index in [1.54, 1.807) is 18.3 Å². The SMILES string of the molecule is CCCNC1=C(C#CCCC(=O)NCCN(C)C)C=NCC(Nc2ccc(C#N)cc2)N1. The molecule has 0 bridgehead atoms. The summed E-state index contributed by atoms with van der Waals surface area (Å²) < 4.78 is 0. The van der Waals surface area contributed by atoms with Crippen molar-refractivity contribution in [1.82, 2.24) is 20.9 Å². The Morgan fingerprint density at radius 2 is 2.06 bits per heavy atom. The number of rotatable bonds is 10. The van der Waals surface area contributed by atoms with E-state index in [1.807, 2.05) is 31.1 Å². The van der Waals surface area contributed by atoms with Crippen molar-refractivity contribution in [3.05, 3.63) is 41.2 Å². The number of nitrogens with one attached hydrogen (secondary N) is 4. The van der Waals surface area contributed by atoms with Crippen molar-refractivity contribution in [1.29, 1.82) is 5.26 Å². The number of benzene rings is 1. The molecule has 1 atom stereocenters. The quantitative estimate of drug-likeness (QED) is 0.417. The van der Waals surface area contributed by atoms with E-state index in [-0.39, 0.29) is 12.1 Å². The Kier molecular flexibility index (Phi) is 10.6. The van der Waals surface area contributed by atoms with Crippen LogP contribution in [0.4, 0.5) is 5.69 Å². The summed E-state index contributed by atoms with van der Waals surface area (Å²) in [5, 5.41) is 22.1. The van der Waals surface area contributed by atoms with Crippen molar-refractivity contribution in [2.45, 2.75) is 32.4 Å². The molecule has 0 saturated heterocycles. The van der Waals surface area contributed by atoms with Gasteiger partial charge in [-0.25, -0.2) is 0 Å². The molecule has 32 heavy (non-hydrogen) atoms. The number of anilines is 1. The van der Waals surface area contributed by atoms with Crippen LogP contribution < -0.4 is 21.3 Å². The summed E-state index contributed by atoms with van der Waals surface area (Å²) >= 11 is 0. The minimum Gasteiger partial charge on any atom is -0.371 e. The summed E-state index contributed by atoms with van der Waals surface area (Å²) in [7, 11) is 3.95. The van der Waals surface area contributed by atoms with Gasteiger partial charge in [0, 0.05) is 44.4 Å². The molecule has 0 saturated carbocycles. The molecule has 4 N–H and O–H groups in total. The van der Waals surface area contributed by atoms with Crippen molar-refractivity contribution in [2.24, 2.45) is 4.99 Å². The van der Waals surface area contributed by atoms with Crippen LogP contribution in [0.5, 0.6) is 0 Å². The number of hydrogen-bond acceptors (Lipinski definition) is 7. The van der Waals surface area contributed by atoms with Gasteiger partial charge in [0.15, 0.2) is 0 Å². The topological polar surface area (TPSA) is 105 Å². The first-order valence-corrected chi connectivity index (χ1v) is 10.9. The van der Waals surface area contributed by atoms with Crippen LogP contribution in [-0.4, -0.2) is 63.5 Å². The lowest BCUT2D eigenvalue weighted by Crippen LogP contribution is -2.42. The summed E-state index contributed by atoms with van der Waals surface area (Å²) in [6, 6.07) is 9.44. The molecular weight excluding hydrogens is 402 g/mol. The van der Waals surface area contributed by atoms with Gasteiger partial charge in [-0.15, -0.1) is 0 Å². The maximum Gasteiger partial charge on any atom is 0.221 e. The smallest absolute Gasteiger partial charge is 0.221 e. The molecule has 0 aliphatic carbocycles. The Balaban J connectivity index is 1.98. The van der Waals surface area contributed by atoms with Crippen molar-refractivity contribution in [3.8, 4) is 17.9 Å². The number of amides is 1. The normalized spacial score (nSPS) is 15.2. The molecule has 1 amide bonds. The lowest BCUT2D eigenvalue weighted by Gasteiger charge is -2.22. The van der Waals surface area contributed by atoms with Gasteiger partial charge >= 0.3 is 0 Å². The minimum absolute atomic E-state index is 0.0128. The predicted molar refractivity (Wildman–Crippen MR) is 129 cm³/mol. The third-order valence-corrected chi connectivity index (χ3v) is 4.58. The van der Waals surface area contributed by atoms with Crippen LogP contribution in [0.2, 0.25) is 0 Å². The Morgan fingerprint density at radius 3 is 2.75 bits per heavy atom. The van der Waals surface area contributed by atoms with Gasteiger partial charge in [0.05, 0.1) is 23.8 Å². The van der Waals surface area contributed by atoms with E-state index in [9.17, 15) is 4.79 Å². The van der Waals surface area contributed by atoms with Gasteiger partial charge in [0.2, 0.25) is 5.91 Å². The van der Waals surface area contributed by atoms with E-state index in [2.05, 4.69) is 51.1 Å². The van der Waals surface area contributed by atoms with Crippen molar-refractivity contribution >= 4 is 17.8 Å². The summed E-state index contributed by atoms with van der Waals surface area (Å²) in [5.74, 6) is 7.08. The summed E-state index contributed by atoms with van der Waals surface area (Å²) in [6.45, 7) is 4.89. The molecule has 0 aromatic heterocycles. The Labute approximate surface area is 191 Å². The molecule has 2 rings (SSSR count). The van der Waals surface area contributed by atoms with Crippen LogP contribution in [0.15, 0.2) is 40.7 Å². The van der Waals surface area contributed by atoms with Gasteiger partial charge in [-0.1, -0.05) is 18.8 Å². The Hall–Kier alpha value is -3.49. The number of likely N-dealkylation sites (N-methyl/N-ethyl adjacent to an activating group) is 1. The molecule has 1 aliphatic rings. The van der Waals surface area contributed by atoms with Gasteiger partial charge in [0.1, 0.15) is 12.0 Å². The van der Waals surface area contributed by atoms with Gasteiger partial charge in [0.25, 0.3) is 0 Å². The van der Waals surface area contributed by atoms with Gasteiger partial charge < -0.3 is 26.2 Å². The number of nitrogens with zero attached hydrogens (tertiary/aromatic N) is 3. The zero-order valence-corrected chi connectivity index (χ0v) is 19.2. The second-order valence-corrected chi connectivity index (χ2v) is 7.70. The molecule has 0 fully saturated rings. The molecule has 0 radical (unpaired) electrons. The van der Waals surface area contributed by atoms with Crippen molar-refractivity contribution < 1.29 is 4.79 Å². The maximum atomic E-state index is 11.9. The zero-order valence-electron chi connectivity index (χ0n) is 19.2. The highest BCUT2D eigenvalue weighted by Gasteiger charge is 2.15. The number of nitriles is 1. The fourth-order valence-electron chi connectivity index (χ4n) is 2.87. The summed E-state index contributed by atoms with van der Waals surface area (Å²) in [6.07, 6.45) is 3.48. The van der Waals surface area contributed by atoms with E-state index >= 15 is 0 Å². The first-order valence-electron chi connectivity index (χ1n) is 10.9. The fraction of sp³-hybridized carbons (Fsp3) is 0.458. The van der Waals surface area contributed by atoms with E-state index in [0.717, 1.165) is 36.6 Å². The lowest BCUT2D eigenvalue weighted by atomic mass is 10.2. The molecule has 1 aliphatic heterocycles. The second kappa shape index (κ2) is 13.7. The molecule has 8 heteroatoms. The fourth-order valence-corrected chi connectivity index (χ4v) is 2.87. The maximum absolute atomic E-state index is 11.9. The standard InChI is InChI=1S/C24H33N7O/c1-4-13-28-24-20(7-5-6-8-23(32)27-14-15-31(2)3)17-26-18-22(30-24)29-21-11-9-19(16-25)10-12-21/h9-12,17,22,28-30H,4,6,8,13-15,18H2,1-3H3,(H,27,32). The number of hydrogen-bond donors (Lipinski definition) is 4. The van der Waals surface area contributed by atoms with Crippen LogP contribution in [-0.2, 0) is 4.79 Å². The molecule has 1 heterocycles. The monoisotopic (exact) mass is 435 g/mol. The molecule has 170 valence electrons.